The van der Waals surface area contributed by atoms with Crippen molar-refractivity contribution >= 4 is 5.97 Å². The van der Waals surface area contributed by atoms with Crippen molar-refractivity contribution in [1.82, 2.24) is 0 Å². The Bertz CT molecular complexity index is 573. The molecular weight excluding hydrogens is 264 g/mol. The van der Waals surface area contributed by atoms with E-state index in [1.54, 1.807) is 12.1 Å². The highest BCUT2D eigenvalue weighted by atomic mass is 16.5. The molecule has 1 atom stereocenters. The van der Waals surface area contributed by atoms with Crippen molar-refractivity contribution in [3.8, 4) is 5.75 Å². The van der Waals surface area contributed by atoms with Gasteiger partial charge in [0.05, 0.1) is 12.7 Å². The summed E-state index contributed by atoms with van der Waals surface area (Å²) in [6.07, 6.45) is -0.0564. The second-order valence-corrected chi connectivity index (χ2v) is 5.21. The van der Waals surface area contributed by atoms with Gasteiger partial charge in [0.15, 0.2) is 0 Å². The van der Waals surface area contributed by atoms with Crippen molar-refractivity contribution in [3.05, 3.63) is 65.7 Å². The summed E-state index contributed by atoms with van der Waals surface area (Å²) < 4.78 is 10.8. The Kier molecular flexibility index (Phi) is 4.99. The van der Waals surface area contributed by atoms with Crippen molar-refractivity contribution < 1.29 is 14.3 Å². The van der Waals surface area contributed by atoms with Gasteiger partial charge in [0.2, 0.25) is 0 Å². The van der Waals surface area contributed by atoms with Crippen molar-refractivity contribution in [1.29, 1.82) is 0 Å². The van der Waals surface area contributed by atoms with Crippen LogP contribution < -0.4 is 4.74 Å². The van der Waals surface area contributed by atoms with E-state index in [0.717, 1.165) is 11.3 Å². The van der Waals surface area contributed by atoms with Gasteiger partial charge in [-0.05, 0) is 35.7 Å². The van der Waals surface area contributed by atoms with Crippen LogP contribution in [-0.2, 0) is 4.74 Å². The van der Waals surface area contributed by atoms with Crippen LogP contribution in [0.5, 0.6) is 5.75 Å². The molecule has 0 fully saturated rings. The summed E-state index contributed by atoms with van der Waals surface area (Å²) in [5.41, 5.74) is 1.59. The lowest BCUT2D eigenvalue weighted by Crippen LogP contribution is -2.14. The molecule has 0 radical (unpaired) electrons. The Morgan fingerprint density at radius 1 is 0.952 bits per heavy atom. The number of esters is 1. The van der Waals surface area contributed by atoms with Crippen LogP contribution in [0.25, 0.3) is 0 Å². The zero-order valence-corrected chi connectivity index (χ0v) is 12.6. The van der Waals surface area contributed by atoms with E-state index in [2.05, 4.69) is 13.8 Å². The average Bonchev–Trinajstić information content (AvgIpc) is 2.53. The molecule has 0 heterocycles. The van der Waals surface area contributed by atoms with Gasteiger partial charge < -0.3 is 9.47 Å². The number of ether oxygens (including phenoxy) is 2. The largest absolute Gasteiger partial charge is 0.485 e. The van der Waals surface area contributed by atoms with Crippen molar-refractivity contribution in [2.24, 2.45) is 5.92 Å². The fraction of sp³-hybridized carbons (Fsp3) is 0.278. The lowest BCUT2D eigenvalue weighted by Gasteiger charge is -2.23. The Labute approximate surface area is 125 Å². The van der Waals surface area contributed by atoms with Crippen LogP contribution in [0.1, 0.15) is 35.9 Å². The first-order valence-electron chi connectivity index (χ1n) is 7.02. The lowest BCUT2D eigenvalue weighted by atomic mass is 9.98. The predicted molar refractivity (Wildman–Crippen MR) is 82.4 cm³/mol. The Balaban J connectivity index is 2.20. The van der Waals surface area contributed by atoms with Gasteiger partial charge in [-0.15, -0.1) is 0 Å². The highest BCUT2D eigenvalue weighted by molar-refractivity contribution is 5.89. The van der Waals surface area contributed by atoms with Crippen LogP contribution in [0.15, 0.2) is 54.6 Å². The maximum atomic E-state index is 11.5. The van der Waals surface area contributed by atoms with Gasteiger partial charge in [-0.2, -0.15) is 0 Å². The summed E-state index contributed by atoms with van der Waals surface area (Å²) in [4.78, 5) is 11.5. The van der Waals surface area contributed by atoms with Gasteiger partial charge in [0.25, 0.3) is 0 Å². The maximum absolute atomic E-state index is 11.5. The smallest absolute Gasteiger partial charge is 0.337 e. The number of para-hydroxylation sites is 1. The third-order valence-electron chi connectivity index (χ3n) is 3.27. The van der Waals surface area contributed by atoms with E-state index in [-0.39, 0.29) is 12.1 Å². The summed E-state index contributed by atoms with van der Waals surface area (Å²) in [5, 5.41) is 0. The van der Waals surface area contributed by atoms with Gasteiger partial charge in [0.1, 0.15) is 11.9 Å². The molecule has 0 spiro atoms. The number of carbonyl (C=O) groups excluding carboxylic acids is 1. The second-order valence-electron chi connectivity index (χ2n) is 5.21. The minimum atomic E-state index is -0.327. The van der Waals surface area contributed by atoms with Crippen LogP contribution in [0.4, 0.5) is 0 Å². The van der Waals surface area contributed by atoms with E-state index in [9.17, 15) is 4.79 Å². The zero-order valence-electron chi connectivity index (χ0n) is 12.6. The zero-order chi connectivity index (χ0) is 15.2. The molecule has 0 aliphatic heterocycles. The predicted octanol–water partition coefficient (Wildman–Crippen LogP) is 4.25. The summed E-state index contributed by atoms with van der Waals surface area (Å²) >= 11 is 0. The van der Waals surface area contributed by atoms with Crippen LogP contribution in [0, 0.1) is 5.92 Å². The fourth-order valence-electron chi connectivity index (χ4n) is 2.16. The Hall–Kier alpha value is -2.29. The lowest BCUT2D eigenvalue weighted by molar-refractivity contribution is 0.0600. The molecular formula is C18H20O3. The maximum Gasteiger partial charge on any atom is 0.337 e. The number of carbonyl (C=O) groups is 1. The SMILES string of the molecule is COC(=O)c1ccc(C(Oc2ccccc2)C(C)C)cc1. The molecule has 0 saturated carbocycles. The molecule has 0 aliphatic carbocycles. The molecule has 1 unspecified atom stereocenters. The molecule has 3 heteroatoms. The van der Waals surface area contributed by atoms with Crippen molar-refractivity contribution in [3.63, 3.8) is 0 Å². The van der Waals surface area contributed by atoms with E-state index >= 15 is 0 Å². The van der Waals surface area contributed by atoms with Gasteiger partial charge in [-0.1, -0.05) is 44.2 Å². The summed E-state index contributed by atoms with van der Waals surface area (Å²) in [5.74, 6) is 0.828. The molecule has 110 valence electrons. The molecule has 0 N–H and O–H groups in total. The Morgan fingerprint density at radius 2 is 1.57 bits per heavy atom. The molecule has 2 aromatic carbocycles. The average molecular weight is 284 g/mol. The molecule has 0 aromatic heterocycles. The number of hydrogen-bond donors (Lipinski definition) is 0. The Morgan fingerprint density at radius 3 is 2.10 bits per heavy atom. The van der Waals surface area contributed by atoms with Gasteiger partial charge >= 0.3 is 5.97 Å². The fourth-order valence-corrected chi connectivity index (χ4v) is 2.16. The first kappa shape index (κ1) is 15.1. The van der Waals surface area contributed by atoms with Crippen molar-refractivity contribution in [2.45, 2.75) is 20.0 Å². The first-order chi connectivity index (χ1) is 10.1. The molecule has 0 bridgehead atoms. The summed E-state index contributed by atoms with van der Waals surface area (Å²) in [6.45, 7) is 4.23. The third-order valence-corrected chi connectivity index (χ3v) is 3.27. The van der Waals surface area contributed by atoms with E-state index in [0.29, 0.717) is 11.5 Å². The van der Waals surface area contributed by atoms with E-state index in [1.165, 1.54) is 7.11 Å². The first-order valence-corrected chi connectivity index (χ1v) is 7.02. The van der Waals surface area contributed by atoms with Gasteiger partial charge in [0, 0.05) is 0 Å². The van der Waals surface area contributed by atoms with E-state index in [4.69, 9.17) is 9.47 Å². The van der Waals surface area contributed by atoms with Crippen LogP contribution in [-0.4, -0.2) is 13.1 Å². The van der Waals surface area contributed by atoms with Crippen LogP contribution in [0.3, 0.4) is 0 Å². The standard InChI is InChI=1S/C18H20O3/c1-13(2)17(21-16-7-5-4-6-8-16)14-9-11-15(12-10-14)18(19)20-3/h4-13,17H,1-3H3. The number of rotatable bonds is 5. The summed E-state index contributed by atoms with van der Waals surface area (Å²) in [6, 6.07) is 17.1. The third kappa shape index (κ3) is 3.85. The highest BCUT2D eigenvalue weighted by Gasteiger charge is 2.18. The second kappa shape index (κ2) is 6.93. The van der Waals surface area contributed by atoms with Gasteiger partial charge in [-0.25, -0.2) is 4.79 Å². The highest BCUT2D eigenvalue weighted by Crippen LogP contribution is 2.28. The number of benzene rings is 2. The quantitative estimate of drug-likeness (QED) is 0.770. The molecule has 2 rings (SSSR count). The molecule has 0 amide bonds. The minimum Gasteiger partial charge on any atom is -0.485 e. The molecule has 0 aliphatic rings. The van der Waals surface area contributed by atoms with Crippen molar-refractivity contribution in [2.75, 3.05) is 7.11 Å². The molecule has 2 aromatic rings. The van der Waals surface area contributed by atoms with Crippen LogP contribution in [0.2, 0.25) is 0 Å². The normalized spacial score (nSPS) is 12.0. The van der Waals surface area contributed by atoms with Crippen LogP contribution >= 0.6 is 0 Å². The van der Waals surface area contributed by atoms with E-state index in [1.807, 2.05) is 42.5 Å². The minimum absolute atomic E-state index is 0.0564. The monoisotopic (exact) mass is 284 g/mol. The number of hydrogen-bond acceptors (Lipinski definition) is 3. The molecule has 0 saturated heterocycles. The topological polar surface area (TPSA) is 35.5 Å². The molecule has 3 nitrogen and oxygen atoms in total. The van der Waals surface area contributed by atoms with Gasteiger partial charge in [-0.3, -0.25) is 0 Å². The molecule has 21 heavy (non-hydrogen) atoms. The summed E-state index contributed by atoms with van der Waals surface area (Å²) in [7, 11) is 1.38. The van der Waals surface area contributed by atoms with E-state index < -0.39 is 0 Å². The number of methoxy groups -OCH3 is 1.